The Morgan fingerprint density at radius 3 is 1.32 bits per heavy atom. The first-order valence-corrected chi connectivity index (χ1v) is 24.5. The third-order valence-corrected chi connectivity index (χ3v) is 11.1. The van der Waals surface area contributed by atoms with Gasteiger partial charge < -0.3 is 20.6 Å². The van der Waals surface area contributed by atoms with Gasteiger partial charge in [-0.2, -0.15) is 0 Å². The molecule has 0 aliphatic heterocycles. The topological polar surface area (TPSA) is 89.8 Å². The van der Waals surface area contributed by atoms with Crippen LogP contribution in [0.4, 0.5) is 0 Å². The van der Waals surface area contributed by atoms with Gasteiger partial charge in [-0.25, -0.2) is 0 Å². The number of amides is 1. The average Bonchev–Trinajstić information content (AvgIpc) is 3.20. The van der Waals surface area contributed by atoms with Crippen LogP contribution in [0.5, 0.6) is 0 Å². The number of hydrogen-bond acceptors (Lipinski definition) is 4. The van der Waals surface area contributed by atoms with E-state index in [9.17, 15) is 20.1 Å². The van der Waals surface area contributed by atoms with Crippen LogP contribution >= 0.6 is 0 Å². The van der Waals surface area contributed by atoms with E-state index < -0.39 is 18.2 Å². The first-order chi connectivity index (χ1) is 28.0. The molecule has 0 spiro atoms. The normalized spacial score (nSPS) is 14.0. The number of carbonyl (C=O) groups is 1. The molecule has 0 aliphatic rings. The molecule has 0 rings (SSSR count). The van der Waals surface area contributed by atoms with Crippen molar-refractivity contribution in [2.24, 2.45) is 0 Å². The minimum atomic E-state index is -0.959. The Bertz CT molecular complexity index is 969. The van der Waals surface area contributed by atoms with Crippen LogP contribution < -0.4 is 5.32 Å². The lowest BCUT2D eigenvalue weighted by molar-refractivity contribution is -0.124. The number of aliphatic hydroxyl groups is 3. The maximum Gasteiger partial charge on any atom is 0.222 e. The summed E-state index contributed by atoms with van der Waals surface area (Å²) in [4.78, 5) is 12.4. The van der Waals surface area contributed by atoms with E-state index in [1.54, 1.807) is 6.08 Å². The fraction of sp³-hybridized carbons (Fsp3) is 0.788. The quantitative estimate of drug-likeness (QED) is 0.0365. The average molecular weight is 798 g/mol. The summed E-state index contributed by atoms with van der Waals surface area (Å²) in [6.07, 6.45) is 62.9. The minimum Gasteiger partial charge on any atom is -0.394 e. The molecule has 0 aromatic heterocycles. The molecule has 1 amide bonds. The number of aliphatic hydroxyl groups excluding tert-OH is 3. The Labute approximate surface area is 354 Å². The van der Waals surface area contributed by atoms with E-state index in [0.29, 0.717) is 6.42 Å². The summed E-state index contributed by atoms with van der Waals surface area (Å²) in [7, 11) is 0. The SMILES string of the molecule is C/C=C/CC/C=C/CC/C=C/C(O)C(CO)NC(=O)CC(O)CCCCCCCCCCCCCCCCC/C=C\C/C=C\CCCCCCCCCCCCC. The summed E-state index contributed by atoms with van der Waals surface area (Å²) in [5.74, 6) is -0.333. The van der Waals surface area contributed by atoms with Gasteiger partial charge in [0.05, 0.1) is 31.3 Å². The second kappa shape index (κ2) is 46.7. The zero-order chi connectivity index (χ0) is 41.5. The van der Waals surface area contributed by atoms with Gasteiger partial charge in [-0.15, -0.1) is 0 Å². The Morgan fingerprint density at radius 2 is 0.877 bits per heavy atom. The van der Waals surface area contributed by atoms with Crippen molar-refractivity contribution in [3.63, 3.8) is 0 Å². The Balaban J connectivity index is 3.51. The van der Waals surface area contributed by atoms with E-state index in [0.717, 1.165) is 44.9 Å². The number of allylic oxidation sites excluding steroid dienone is 9. The number of carbonyl (C=O) groups excluding carboxylic acids is 1. The zero-order valence-corrected chi connectivity index (χ0v) is 37.7. The second-order valence-electron chi connectivity index (χ2n) is 16.7. The molecule has 0 saturated heterocycles. The van der Waals surface area contributed by atoms with Crippen molar-refractivity contribution in [3.8, 4) is 0 Å². The van der Waals surface area contributed by atoms with E-state index in [4.69, 9.17) is 0 Å². The van der Waals surface area contributed by atoms with Crippen molar-refractivity contribution in [2.75, 3.05) is 6.61 Å². The molecular weight excluding hydrogens is 703 g/mol. The van der Waals surface area contributed by atoms with Gasteiger partial charge in [-0.3, -0.25) is 4.79 Å². The molecule has 0 aliphatic carbocycles. The van der Waals surface area contributed by atoms with Crippen molar-refractivity contribution in [3.05, 3.63) is 60.8 Å². The van der Waals surface area contributed by atoms with Gasteiger partial charge in [0.25, 0.3) is 0 Å². The molecule has 5 heteroatoms. The summed E-state index contributed by atoms with van der Waals surface area (Å²) < 4.78 is 0. The Hall–Kier alpha value is -1.95. The fourth-order valence-electron chi connectivity index (χ4n) is 7.35. The van der Waals surface area contributed by atoms with E-state index >= 15 is 0 Å². The van der Waals surface area contributed by atoms with Crippen LogP contribution in [-0.2, 0) is 4.79 Å². The maximum atomic E-state index is 12.4. The summed E-state index contributed by atoms with van der Waals surface area (Å²) >= 11 is 0. The summed E-state index contributed by atoms with van der Waals surface area (Å²) in [5, 5.41) is 33.0. The van der Waals surface area contributed by atoms with Gasteiger partial charge in [-0.05, 0) is 71.1 Å². The van der Waals surface area contributed by atoms with Gasteiger partial charge in [0.1, 0.15) is 0 Å². The molecule has 4 N–H and O–H groups in total. The van der Waals surface area contributed by atoms with Crippen LogP contribution in [0.3, 0.4) is 0 Å². The molecule has 3 unspecified atom stereocenters. The summed E-state index contributed by atoms with van der Waals surface area (Å²) in [6, 6.07) is -0.767. The number of rotatable bonds is 44. The largest absolute Gasteiger partial charge is 0.394 e. The molecule has 3 atom stereocenters. The maximum absolute atomic E-state index is 12.4. The van der Waals surface area contributed by atoms with Crippen LogP contribution in [-0.4, -0.2) is 46.1 Å². The monoisotopic (exact) mass is 798 g/mol. The van der Waals surface area contributed by atoms with Gasteiger partial charge in [-0.1, -0.05) is 222 Å². The van der Waals surface area contributed by atoms with Crippen LogP contribution in [0, 0.1) is 0 Å². The van der Waals surface area contributed by atoms with Crippen LogP contribution in [0.2, 0.25) is 0 Å². The number of hydrogen-bond donors (Lipinski definition) is 4. The van der Waals surface area contributed by atoms with E-state index in [1.807, 2.05) is 13.0 Å². The van der Waals surface area contributed by atoms with Gasteiger partial charge in [0.15, 0.2) is 0 Å². The van der Waals surface area contributed by atoms with Gasteiger partial charge in [0.2, 0.25) is 5.91 Å². The van der Waals surface area contributed by atoms with E-state index in [1.165, 1.54) is 167 Å². The lowest BCUT2D eigenvalue weighted by atomic mass is 10.0. The fourth-order valence-corrected chi connectivity index (χ4v) is 7.35. The highest BCUT2D eigenvalue weighted by Crippen LogP contribution is 2.16. The summed E-state index contributed by atoms with van der Waals surface area (Å²) in [6.45, 7) is 3.96. The van der Waals surface area contributed by atoms with Crippen LogP contribution in [0.15, 0.2) is 60.8 Å². The van der Waals surface area contributed by atoms with Crippen molar-refractivity contribution in [2.45, 2.75) is 257 Å². The molecule has 0 aromatic carbocycles. The molecule has 0 heterocycles. The smallest absolute Gasteiger partial charge is 0.222 e. The van der Waals surface area contributed by atoms with Crippen molar-refractivity contribution in [1.29, 1.82) is 0 Å². The van der Waals surface area contributed by atoms with Crippen LogP contribution in [0.1, 0.15) is 239 Å². The zero-order valence-electron chi connectivity index (χ0n) is 37.7. The summed E-state index contributed by atoms with van der Waals surface area (Å²) in [5.41, 5.74) is 0. The molecule has 5 nitrogen and oxygen atoms in total. The predicted octanol–water partition coefficient (Wildman–Crippen LogP) is 14.7. The number of unbranched alkanes of at least 4 members (excludes halogenated alkanes) is 28. The van der Waals surface area contributed by atoms with Crippen molar-refractivity contribution < 1.29 is 20.1 Å². The van der Waals surface area contributed by atoms with E-state index in [2.05, 4.69) is 60.8 Å². The lowest BCUT2D eigenvalue weighted by Gasteiger charge is -2.21. The van der Waals surface area contributed by atoms with Crippen molar-refractivity contribution >= 4 is 5.91 Å². The van der Waals surface area contributed by atoms with Crippen LogP contribution in [0.25, 0.3) is 0 Å². The van der Waals surface area contributed by atoms with Gasteiger partial charge in [0, 0.05) is 0 Å². The highest BCUT2D eigenvalue weighted by Gasteiger charge is 2.20. The highest BCUT2D eigenvalue weighted by atomic mass is 16.3. The first kappa shape index (κ1) is 55.0. The third-order valence-electron chi connectivity index (χ3n) is 11.1. The Kier molecular flexibility index (Phi) is 45.1. The molecule has 332 valence electrons. The highest BCUT2D eigenvalue weighted by molar-refractivity contribution is 5.76. The molecule has 0 saturated carbocycles. The molecule has 0 aromatic rings. The predicted molar refractivity (Wildman–Crippen MR) is 250 cm³/mol. The van der Waals surface area contributed by atoms with Crippen molar-refractivity contribution in [1.82, 2.24) is 5.32 Å². The van der Waals surface area contributed by atoms with Gasteiger partial charge >= 0.3 is 0 Å². The first-order valence-electron chi connectivity index (χ1n) is 24.5. The standard InChI is InChI=1S/C52H95NO4/c1-3-5-7-9-11-13-14-15-16-17-18-19-20-21-22-23-24-25-26-27-28-29-30-31-32-33-34-35-36-38-39-41-43-45-49(55)47-52(57)53-50(48-54)51(56)46-44-42-40-37-12-10-8-6-4-2/h4,6,12,20-21,23-24,37,44,46,49-51,54-56H,3,5,7-11,13-19,22,25-36,38-43,45,47-48H2,1-2H3,(H,53,57)/b6-4+,21-20-,24-23-,37-12+,46-44+. The lowest BCUT2D eigenvalue weighted by Crippen LogP contribution is -2.45. The molecule has 0 bridgehead atoms. The molecule has 57 heavy (non-hydrogen) atoms. The minimum absolute atomic E-state index is 0.000347. The molecular formula is C52H95NO4. The molecule has 0 radical (unpaired) electrons. The Morgan fingerprint density at radius 1 is 0.491 bits per heavy atom. The van der Waals surface area contributed by atoms with E-state index in [-0.39, 0.29) is 18.9 Å². The second-order valence-corrected chi connectivity index (χ2v) is 16.7. The number of nitrogens with one attached hydrogen (secondary N) is 1. The molecule has 0 fully saturated rings. The third kappa shape index (κ3) is 43.5.